The summed E-state index contributed by atoms with van der Waals surface area (Å²) in [5.74, 6) is 0. The molecule has 2 aromatic carbocycles. The fourth-order valence-corrected chi connectivity index (χ4v) is 3.47. The van der Waals surface area contributed by atoms with Crippen LogP contribution in [0.1, 0.15) is 47.7 Å². The number of benzene rings is 2. The van der Waals surface area contributed by atoms with Crippen LogP contribution in [-0.2, 0) is 13.0 Å². The van der Waals surface area contributed by atoms with E-state index < -0.39 is 0 Å². The number of fused-ring (bicyclic) bond motifs is 1. The monoisotopic (exact) mass is 344 g/mol. The molecule has 2 nitrogen and oxygen atoms in total. The highest BCUT2D eigenvalue weighted by Gasteiger charge is 2.07. The van der Waals surface area contributed by atoms with E-state index in [2.05, 4.69) is 74.3 Å². The van der Waals surface area contributed by atoms with E-state index >= 15 is 0 Å². The highest BCUT2D eigenvalue weighted by Crippen LogP contribution is 2.26. The second kappa shape index (κ2) is 8.29. The van der Waals surface area contributed by atoms with Crippen LogP contribution < -0.4 is 5.32 Å². The summed E-state index contributed by atoms with van der Waals surface area (Å²) in [5.41, 5.74) is 8.57. The Morgan fingerprint density at radius 1 is 1.12 bits per heavy atom. The molecule has 26 heavy (non-hydrogen) atoms. The van der Waals surface area contributed by atoms with Crippen molar-refractivity contribution >= 4 is 16.5 Å². The van der Waals surface area contributed by atoms with Gasteiger partial charge in [-0.25, -0.2) is 0 Å². The first kappa shape index (κ1) is 18.3. The van der Waals surface area contributed by atoms with Gasteiger partial charge in [-0.1, -0.05) is 56.3 Å². The van der Waals surface area contributed by atoms with Crippen LogP contribution in [0.2, 0.25) is 0 Å². The Morgan fingerprint density at radius 2 is 1.96 bits per heavy atom. The molecule has 134 valence electrons. The molecule has 0 atom stereocenters. The summed E-state index contributed by atoms with van der Waals surface area (Å²) < 4.78 is 0. The maximum absolute atomic E-state index is 4.92. The van der Waals surface area contributed by atoms with Gasteiger partial charge in [-0.2, -0.15) is 0 Å². The largest absolute Gasteiger partial charge is 0.316 e. The molecular formula is C24H28N2. The average molecular weight is 345 g/mol. The van der Waals surface area contributed by atoms with E-state index in [4.69, 9.17) is 4.98 Å². The van der Waals surface area contributed by atoms with Crippen LogP contribution in [-0.4, -0.2) is 12.0 Å². The molecule has 0 aliphatic heterocycles. The van der Waals surface area contributed by atoms with Gasteiger partial charge in [0.15, 0.2) is 0 Å². The van der Waals surface area contributed by atoms with Gasteiger partial charge in [0, 0.05) is 24.0 Å². The van der Waals surface area contributed by atoms with Crippen molar-refractivity contribution in [1.82, 2.24) is 10.3 Å². The zero-order chi connectivity index (χ0) is 18.5. The molecule has 0 unspecified atom stereocenters. The third-order valence-electron chi connectivity index (χ3n) is 4.89. The standard InChI is InChI=1S/C24H28N2/c1-5-7-18(3)22-8-6-9-24-23(22)13-12-21(26-24)15-19-11-10-17(2)20(14-19)16-25-4/h6,8-14,25H,3,5,7,15-16H2,1-2,4H3. The Morgan fingerprint density at radius 3 is 2.73 bits per heavy atom. The normalized spacial score (nSPS) is 11.0. The second-order valence-electron chi connectivity index (χ2n) is 7.00. The van der Waals surface area contributed by atoms with Gasteiger partial charge in [0.2, 0.25) is 0 Å². The van der Waals surface area contributed by atoms with Gasteiger partial charge in [0.1, 0.15) is 0 Å². The Kier molecular flexibility index (Phi) is 5.85. The molecule has 0 fully saturated rings. The van der Waals surface area contributed by atoms with E-state index in [0.717, 1.165) is 37.0 Å². The summed E-state index contributed by atoms with van der Waals surface area (Å²) in [6.45, 7) is 9.51. The number of nitrogens with zero attached hydrogens (tertiary/aromatic N) is 1. The SMILES string of the molecule is C=C(CCC)c1cccc2nc(Cc3ccc(C)c(CNC)c3)ccc12. The Hall–Kier alpha value is -2.45. The number of pyridine rings is 1. The smallest absolute Gasteiger partial charge is 0.0711 e. The molecule has 3 rings (SSSR count). The predicted octanol–water partition coefficient (Wildman–Crippen LogP) is 5.67. The zero-order valence-corrected chi connectivity index (χ0v) is 16.1. The number of allylic oxidation sites excluding steroid dienone is 1. The third kappa shape index (κ3) is 4.03. The van der Waals surface area contributed by atoms with Crippen LogP contribution in [0, 0.1) is 6.92 Å². The minimum absolute atomic E-state index is 0.854. The van der Waals surface area contributed by atoms with Crippen molar-refractivity contribution in [2.24, 2.45) is 0 Å². The topological polar surface area (TPSA) is 24.9 Å². The molecule has 0 aliphatic rings. The summed E-state index contributed by atoms with van der Waals surface area (Å²) in [5, 5.41) is 4.45. The first-order valence-electron chi connectivity index (χ1n) is 9.42. The number of hydrogen-bond donors (Lipinski definition) is 1. The quantitative estimate of drug-likeness (QED) is 0.597. The summed E-state index contributed by atoms with van der Waals surface area (Å²) in [7, 11) is 1.99. The lowest BCUT2D eigenvalue weighted by molar-refractivity contribution is 0.810. The molecule has 0 radical (unpaired) electrons. The Labute approximate surface area is 157 Å². The second-order valence-corrected chi connectivity index (χ2v) is 7.00. The maximum atomic E-state index is 4.92. The molecule has 0 saturated carbocycles. The molecule has 0 amide bonds. The molecule has 0 spiro atoms. The highest BCUT2D eigenvalue weighted by atomic mass is 14.8. The Balaban J connectivity index is 1.90. The van der Waals surface area contributed by atoms with Gasteiger partial charge in [0.05, 0.1) is 5.52 Å². The fraction of sp³-hybridized carbons (Fsp3) is 0.292. The fourth-order valence-electron chi connectivity index (χ4n) is 3.47. The van der Waals surface area contributed by atoms with Crippen molar-refractivity contribution in [1.29, 1.82) is 0 Å². The van der Waals surface area contributed by atoms with Gasteiger partial charge in [-0.15, -0.1) is 0 Å². The van der Waals surface area contributed by atoms with Gasteiger partial charge in [-0.05, 0) is 60.4 Å². The van der Waals surface area contributed by atoms with E-state index in [0.29, 0.717) is 0 Å². The van der Waals surface area contributed by atoms with Crippen molar-refractivity contribution in [3.8, 4) is 0 Å². The lowest BCUT2D eigenvalue weighted by Gasteiger charge is -2.11. The Bertz CT molecular complexity index is 925. The molecule has 3 aromatic rings. The van der Waals surface area contributed by atoms with Crippen molar-refractivity contribution in [2.45, 2.75) is 39.7 Å². The highest BCUT2D eigenvalue weighted by molar-refractivity contribution is 5.91. The molecule has 1 N–H and O–H groups in total. The van der Waals surface area contributed by atoms with Gasteiger partial charge >= 0.3 is 0 Å². The van der Waals surface area contributed by atoms with Crippen molar-refractivity contribution in [3.63, 3.8) is 0 Å². The summed E-state index contributed by atoms with van der Waals surface area (Å²) in [6.07, 6.45) is 2.99. The van der Waals surface area contributed by atoms with Crippen molar-refractivity contribution in [2.75, 3.05) is 7.05 Å². The molecule has 0 aliphatic carbocycles. The van der Waals surface area contributed by atoms with Gasteiger partial charge in [0.25, 0.3) is 0 Å². The lowest BCUT2D eigenvalue weighted by Crippen LogP contribution is -2.07. The van der Waals surface area contributed by atoms with Crippen molar-refractivity contribution in [3.05, 3.63) is 83.1 Å². The van der Waals surface area contributed by atoms with Crippen LogP contribution in [0.4, 0.5) is 0 Å². The number of aryl methyl sites for hydroxylation is 1. The average Bonchev–Trinajstić information content (AvgIpc) is 2.64. The van der Waals surface area contributed by atoms with Crippen LogP contribution in [0.25, 0.3) is 16.5 Å². The molecule has 0 bridgehead atoms. The van der Waals surface area contributed by atoms with Gasteiger partial charge in [-0.3, -0.25) is 4.98 Å². The maximum Gasteiger partial charge on any atom is 0.0711 e. The molecule has 0 saturated heterocycles. The van der Waals surface area contributed by atoms with E-state index in [1.54, 1.807) is 0 Å². The van der Waals surface area contributed by atoms with E-state index in [9.17, 15) is 0 Å². The molecule has 1 aromatic heterocycles. The number of aromatic nitrogens is 1. The molecule has 2 heteroatoms. The zero-order valence-electron chi connectivity index (χ0n) is 16.1. The van der Waals surface area contributed by atoms with E-state index in [1.807, 2.05) is 7.05 Å². The third-order valence-corrected chi connectivity index (χ3v) is 4.89. The first-order valence-corrected chi connectivity index (χ1v) is 9.42. The summed E-state index contributed by atoms with van der Waals surface area (Å²) in [4.78, 5) is 4.92. The lowest BCUT2D eigenvalue weighted by atomic mass is 9.97. The van der Waals surface area contributed by atoms with Crippen LogP contribution in [0.5, 0.6) is 0 Å². The van der Waals surface area contributed by atoms with E-state index in [-0.39, 0.29) is 0 Å². The summed E-state index contributed by atoms with van der Waals surface area (Å²) in [6, 6.07) is 17.4. The molecule has 1 heterocycles. The van der Waals surface area contributed by atoms with Crippen LogP contribution in [0.3, 0.4) is 0 Å². The minimum atomic E-state index is 0.854. The van der Waals surface area contributed by atoms with Crippen LogP contribution >= 0.6 is 0 Å². The van der Waals surface area contributed by atoms with Gasteiger partial charge < -0.3 is 5.32 Å². The number of nitrogens with one attached hydrogen (secondary N) is 1. The summed E-state index contributed by atoms with van der Waals surface area (Å²) >= 11 is 0. The van der Waals surface area contributed by atoms with E-state index in [1.165, 1.54) is 33.2 Å². The number of rotatable bonds is 7. The van der Waals surface area contributed by atoms with Crippen molar-refractivity contribution < 1.29 is 0 Å². The number of hydrogen-bond acceptors (Lipinski definition) is 2. The minimum Gasteiger partial charge on any atom is -0.316 e. The van der Waals surface area contributed by atoms with Crippen LogP contribution in [0.15, 0.2) is 55.1 Å². The molecular weight excluding hydrogens is 316 g/mol. The predicted molar refractivity (Wildman–Crippen MR) is 112 cm³/mol. The first-order chi connectivity index (χ1) is 12.6.